The summed E-state index contributed by atoms with van der Waals surface area (Å²) in [7, 11) is -3.94. The van der Waals surface area contributed by atoms with E-state index < -0.39 is 20.5 Å². The molecule has 0 spiro atoms. The van der Waals surface area contributed by atoms with Crippen molar-refractivity contribution in [2.45, 2.75) is 25.7 Å². The Hall–Kier alpha value is -5.30. The Bertz CT molecular complexity index is 1940. The molecule has 2 aromatic heterocycles. The summed E-state index contributed by atoms with van der Waals surface area (Å²) >= 11 is 0. The van der Waals surface area contributed by atoms with Gasteiger partial charge in [0.2, 0.25) is 5.88 Å². The first-order valence-electron chi connectivity index (χ1n) is 12.3. The monoisotopic (exact) mass is 572 g/mol. The minimum absolute atomic E-state index is 0.00491. The van der Waals surface area contributed by atoms with Gasteiger partial charge in [0.15, 0.2) is 0 Å². The van der Waals surface area contributed by atoms with Crippen molar-refractivity contribution >= 4 is 33.0 Å². The molecule has 13 heteroatoms. The fraction of sp³-hybridized carbons (Fsp3) is 0.107. The van der Waals surface area contributed by atoms with Crippen LogP contribution in [0.1, 0.15) is 23.7 Å². The Morgan fingerprint density at radius 2 is 1.68 bits per heavy atom. The Morgan fingerprint density at radius 3 is 2.27 bits per heavy atom. The molecule has 0 atom stereocenters. The Balaban J connectivity index is 1.51. The summed E-state index contributed by atoms with van der Waals surface area (Å²) in [6.45, 7) is 5.09. The summed E-state index contributed by atoms with van der Waals surface area (Å²) in [5, 5.41) is 17.9. The second kappa shape index (κ2) is 10.7. The average Bonchev–Trinajstić information content (AvgIpc) is 3.47. The third-order valence-corrected chi connectivity index (χ3v) is 7.81. The molecule has 0 amide bonds. The van der Waals surface area contributed by atoms with Crippen molar-refractivity contribution < 1.29 is 17.9 Å². The lowest BCUT2D eigenvalue weighted by Gasteiger charge is -2.06. The molecule has 0 saturated heterocycles. The molecule has 208 valence electrons. The second-order valence-corrected chi connectivity index (χ2v) is 10.8. The summed E-state index contributed by atoms with van der Waals surface area (Å²) in [6, 6.07) is 20.7. The SMILES string of the molecule is CC(=Nc1ccc(S(=O)(=O)Nc2onc(C)c2C)cc1)c1c(-c2ccccc2)[nH]n(-c2ccc([N+](=O)[O-])cc2)c1=O. The van der Waals surface area contributed by atoms with Crippen LogP contribution in [0.2, 0.25) is 0 Å². The van der Waals surface area contributed by atoms with Gasteiger partial charge in [-0.3, -0.25) is 25.0 Å². The molecule has 0 aliphatic rings. The van der Waals surface area contributed by atoms with Crippen LogP contribution in [0.4, 0.5) is 17.3 Å². The topological polar surface area (TPSA) is 165 Å². The number of sulfonamides is 1. The second-order valence-electron chi connectivity index (χ2n) is 9.16. The molecule has 41 heavy (non-hydrogen) atoms. The molecule has 2 heterocycles. The number of rotatable bonds is 8. The standard InChI is InChI=1S/C28H24N6O6S/c1-17-18(2)31-40-27(17)32-41(38,39)24-15-9-21(10-16-24)29-19(3)25-26(20-7-5-4-6-8-20)30-33(28(25)35)22-11-13-23(14-12-22)34(36)37/h4-16,30,32H,1-3H3. The minimum Gasteiger partial charge on any atom is -0.337 e. The molecule has 0 radical (unpaired) electrons. The van der Waals surface area contributed by atoms with Gasteiger partial charge < -0.3 is 4.52 Å². The highest BCUT2D eigenvalue weighted by atomic mass is 32.2. The lowest BCUT2D eigenvalue weighted by molar-refractivity contribution is -0.384. The van der Waals surface area contributed by atoms with Crippen molar-refractivity contribution in [1.29, 1.82) is 0 Å². The number of nitrogens with one attached hydrogen (secondary N) is 2. The molecule has 0 bridgehead atoms. The number of nitro benzene ring substituents is 1. The number of non-ortho nitro benzene ring substituents is 1. The van der Waals surface area contributed by atoms with Gasteiger partial charge in [-0.1, -0.05) is 35.5 Å². The highest BCUT2D eigenvalue weighted by Crippen LogP contribution is 2.26. The van der Waals surface area contributed by atoms with E-state index in [2.05, 4.69) is 20.0 Å². The molecule has 12 nitrogen and oxygen atoms in total. The summed E-state index contributed by atoms with van der Waals surface area (Å²) in [6.07, 6.45) is 0. The van der Waals surface area contributed by atoms with Gasteiger partial charge in [-0.15, -0.1) is 0 Å². The third-order valence-electron chi connectivity index (χ3n) is 6.46. The molecule has 5 rings (SSSR count). The first-order chi connectivity index (χ1) is 19.5. The van der Waals surface area contributed by atoms with Gasteiger partial charge >= 0.3 is 0 Å². The van der Waals surface area contributed by atoms with E-state index in [1.807, 2.05) is 30.3 Å². The van der Waals surface area contributed by atoms with Crippen LogP contribution < -0.4 is 10.3 Å². The summed E-state index contributed by atoms with van der Waals surface area (Å²) in [4.78, 5) is 28.8. The molecule has 0 unspecified atom stereocenters. The minimum atomic E-state index is -3.94. The van der Waals surface area contributed by atoms with Gasteiger partial charge in [0.25, 0.3) is 21.3 Å². The first kappa shape index (κ1) is 27.3. The maximum atomic E-state index is 13.6. The van der Waals surface area contributed by atoms with Crippen molar-refractivity contribution in [1.82, 2.24) is 14.9 Å². The predicted molar refractivity (Wildman–Crippen MR) is 154 cm³/mol. The van der Waals surface area contributed by atoms with Gasteiger partial charge in [-0.25, -0.2) is 17.8 Å². The lowest BCUT2D eigenvalue weighted by Crippen LogP contribution is -2.19. The van der Waals surface area contributed by atoms with Crippen LogP contribution in [-0.4, -0.2) is 34.0 Å². The zero-order valence-electron chi connectivity index (χ0n) is 22.2. The number of nitro groups is 1. The largest absolute Gasteiger partial charge is 0.337 e. The van der Waals surface area contributed by atoms with Gasteiger partial charge in [-0.2, -0.15) is 0 Å². The van der Waals surface area contributed by atoms with E-state index in [1.165, 1.54) is 53.2 Å². The molecule has 5 aromatic rings. The van der Waals surface area contributed by atoms with Gasteiger partial charge in [0.05, 0.1) is 43.9 Å². The van der Waals surface area contributed by atoms with Crippen LogP contribution in [0.25, 0.3) is 16.9 Å². The molecular formula is C28H24N6O6S. The number of aromatic nitrogens is 3. The highest BCUT2D eigenvalue weighted by molar-refractivity contribution is 7.92. The molecule has 0 aliphatic carbocycles. The number of H-pyrrole nitrogens is 1. The quantitative estimate of drug-likeness (QED) is 0.145. The van der Waals surface area contributed by atoms with Crippen LogP contribution in [0.15, 0.2) is 98.1 Å². The van der Waals surface area contributed by atoms with Gasteiger partial charge in [-0.05, 0) is 57.2 Å². The number of nitrogens with zero attached hydrogens (tertiary/aromatic N) is 4. The molecule has 3 aromatic carbocycles. The molecule has 0 fully saturated rings. The van der Waals surface area contributed by atoms with Crippen LogP contribution in [0, 0.1) is 24.0 Å². The number of hydrogen-bond donors (Lipinski definition) is 2. The van der Waals surface area contributed by atoms with Gasteiger partial charge in [0.1, 0.15) is 0 Å². The fourth-order valence-electron chi connectivity index (χ4n) is 4.13. The first-order valence-corrected chi connectivity index (χ1v) is 13.8. The highest BCUT2D eigenvalue weighted by Gasteiger charge is 2.21. The van der Waals surface area contributed by atoms with Crippen molar-refractivity contribution in [2.24, 2.45) is 4.99 Å². The number of anilines is 1. The fourth-order valence-corrected chi connectivity index (χ4v) is 5.18. The van der Waals surface area contributed by atoms with Crippen molar-refractivity contribution in [2.75, 3.05) is 4.72 Å². The number of benzene rings is 3. The van der Waals surface area contributed by atoms with Crippen molar-refractivity contribution in [3.05, 3.63) is 116 Å². The van der Waals surface area contributed by atoms with E-state index in [0.717, 1.165) is 5.56 Å². The smallest absolute Gasteiger partial charge is 0.280 e. The summed E-state index contributed by atoms with van der Waals surface area (Å²) in [5.41, 5.74) is 3.43. The average molecular weight is 573 g/mol. The van der Waals surface area contributed by atoms with E-state index >= 15 is 0 Å². The van der Waals surface area contributed by atoms with E-state index in [0.29, 0.717) is 39.6 Å². The Morgan fingerprint density at radius 1 is 1.02 bits per heavy atom. The molecule has 2 N–H and O–H groups in total. The zero-order chi connectivity index (χ0) is 29.3. The normalized spacial score (nSPS) is 11.9. The number of aryl methyl sites for hydroxylation is 1. The van der Waals surface area contributed by atoms with E-state index in [9.17, 15) is 23.3 Å². The van der Waals surface area contributed by atoms with Crippen LogP contribution in [-0.2, 0) is 10.0 Å². The Labute approximate surface area is 234 Å². The predicted octanol–water partition coefficient (Wildman–Crippen LogP) is 5.29. The van der Waals surface area contributed by atoms with Crippen LogP contribution in [0.5, 0.6) is 0 Å². The summed E-state index contributed by atoms with van der Waals surface area (Å²) in [5.74, 6) is 0.0469. The van der Waals surface area contributed by atoms with E-state index in [-0.39, 0.29) is 16.5 Å². The van der Waals surface area contributed by atoms with Crippen LogP contribution >= 0.6 is 0 Å². The number of hydrogen-bond acceptors (Lipinski definition) is 8. The maximum Gasteiger partial charge on any atom is 0.280 e. The van der Waals surface area contributed by atoms with Crippen molar-refractivity contribution in [3.63, 3.8) is 0 Å². The van der Waals surface area contributed by atoms with Crippen molar-refractivity contribution in [3.8, 4) is 16.9 Å². The molecule has 0 aliphatic heterocycles. The lowest BCUT2D eigenvalue weighted by atomic mass is 10.1. The van der Waals surface area contributed by atoms with Crippen LogP contribution in [0.3, 0.4) is 0 Å². The maximum absolute atomic E-state index is 13.6. The van der Waals surface area contributed by atoms with Gasteiger partial charge in [0, 0.05) is 23.3 Å². The number of aromatic amines is 1. The molecular weight excluding hydrogens is 548 g/mol. The Kier molecular flexibility index (Phi) is 7.11. The molecule has 0 saturated carbocycles. The van der Waals surface area contributed by atoms with E-state index in [4.69, 9.17) is 4.52 Å². The van der Waals surface area contributed by atoms with E-state index in [1.54, 1.807) is 20.8 Å². The number of aliphatic imine (C=N–C) groups is 1. The summed E-state index contributed by atoms with van der Waals surface area (Å²) < 4.78 is 34.4. The third kappa shape index (κ3) is 5.43. The zero-order valence-corrected chi connectivity index (χ0v) is 23.0.